The van der Waals surface area contributed by atoms with E-state index in [4.69, 9.17) is 9.84 Å². The lowest BCUT2D eigenvalue weighted by Gasteiger charge is -2.39. The van der Waals surface area contributed by atoms with Crippen molar-refractivity contribution in [2.24, 2.45) is 0 Å². The molecule has 116 valence electrons. The predicted molar refractivity (Wildman–Crippen MR) is 70.6 cm³/mol. The molecule has 0 aromatic heterocycles. The Morgan fingerprint density at radius 1 is 1.38 bits per heavy atom. The fourth-order valence-electron chi connectivity index (χ4n) is 2.39. The van der Waals surface area contributed by atoms with E-state index in [1.807, 2.05) is 18.7 Å². The molecule has 0 saturated carbocycles. The molecule has 0 atom stereocenters. The molecular formula is C14H16F3NO3. The number of hydrogen-bond acceptors (Lipinski definition) is 3. The van der Waals surface area contributed by atoms with Gasteiger partial charge in [-0.05, 0) is 32.0 Å². The molecule has 1 saturated heterocycles. The van der Waals surface area contributed by atoms with Crippen molar-refractivity contribution in [3.63, 3.8) is 0 Å². The average molecular weight is 303 g/mol. The maximum Gasteiger partial charge on any atom is 0.417 e. The Balaban J connectivity index is 2.39. The van der Waals surface area contributed by atoms with Crippen LogP contribution in [0.4, 0.5) is 18.9 Å². The summed E-state index contributed by atoms with van der Waals surface area (Å²) in [5.74, 6) is -1.59. The van der Waals surface area contributed by atoms with E-state index in [0.29, 0.717) is 25.4 Å². The van der Waals surface area contributed by atoms with Gasteiger partial charge in [-0.15, -0.1) is 0 Å². The molecule has 0 unspecified atom stereocenters. The molecule has 1 aliphatic heterocycles. The summed E-state index contributed by atoms with van der Waals surface area (Å²) < 4.78 is 44.0. The van der Waals surface area contributed by atoms with Crippen LogP contribution >= 0.6 is 0 Å². The minimum absolute atomic E-state index is 0.426. The van der Waals surface area contributed by atoms with Gasteiger partial charge in [0.2, 0.25) is 0 Å². The molecule has 0 spiro atoms. The van der Waals surface area contributed by atoms with Crippen LogP contribution in [0.15, 0.2) is 18.2 Å². The summed E-state index contributed by atoms with van der Waals surface area (Å²) >= 11 is 0. The number of morpholine rings is 1. The smallest absolute Gasteiger partial charge is 0.417 e. The van der Waals surface area contributed by atoms with E-state index in [9.17, 15) is 18.0 Å². The van der Waals surface area contributed by atoms with Crippen molar-refractivity contribution in [3.8, 4) is 0 Å². The molecule has 1 fully saturated rings. The average Bonchev–Trinajstić information content (AvgIpc) is 2.35. The second-order valence-electron chi connectivity index (χ2n) is 5.56. The third-order valence-electron chi connectivity index (χ3n) is 3.33. The highest BCUT2D eigenvalue weighted by Crippen LogP contribution is 2.34. The van der Waals surface area contributed by atoms with Gasteiger partial charge in [0.15, 0.2) is 0 Å². The SMILES string of the molecule is CC1(C)CN(c2ccc(C(F)(F)F)c(C(=O)O)c2)CCO1. The molecule has 1 aromatic carbocycles. The Hall–Kier alpha value is -1.76. The van der Waals surface area contributed by atoms with Crippen molar-refractivity contribution in [2.75, 3.05) is 24.6 Å². The number of anilines is 1. The fraction of sp³-hybridized carbons (Fsp3) is 0.500. The fourth-order valence-corrected chi connectivity index (χ4v) is 2.39. The molecule has 1 N–H and O–H groups in total. The number of carbonyl (C=O) groups is 1. The summed E-state index contributed by atoms with van der Waals surface area (Å²) in [4.78, 5) is 12.9. The monoisotopic (exact) mass is 303 g/mol. The van der Waals surface area contributed by atoms with Gasteiger partial charge in [-0.2, -0.15) is 13.2 Å². The maximum absolute atomic E-state index is 12.8. The highest BCUT2D eigenvalue weighted by atomic mass is 19.4. The molecule has 0 radical (unpaired) electrons. The Labute approximate surface area is 120 Å². The summed E-state index contributed by atoms with van der Waals surface area (Å²) in [6.07, 6.45) is -4.68. The normalized spacial score (nSPS) is 18.6. The zero-order valence-corrected chi connectivity index (χ0v) is 11.7. The van der Waals surface area contributed by atoms with Crippen molar-refractivity contribution in [3.05, 3.63) is 29.3 Å². The van der Waals surface area contributed by atoms with Gasteiger partial charge in [-0.25, -0.2) is 4.79 Å². The number of carboxylic acid groups (broad SMARTS) is 1. The largest absolute Gasteiger partial charge is 0.478 e. The standard InChI is InChI=1S/C14H16F3NO3/c1-13(2)8-18(5-6-21-13)9-3-4-11(14(15,16)17)10(7-9)12(19)20/h3-4,7H,5-6,8H2,1-2H3,(H,19,20). The maximum atomic E-state index is 12.8. The first-order valence-corrected chi connectivity index (χ1v) is 6.44. The molecule has 1 aromatic rings. The van der Waals surface area contributed by atoms with Gasteiger partial charge in [-0.3, -0.25) is 0 Å². The van der Waals surface area contributed by atoms with Gasteiger partial charge in [0.1, 0.15) is 0 Å². The van der Waals surface area contributed by atoms with Crippen LogP contribution in [-0.2, 0) is 10.9 Å². The number of carboxylic acids is 1. The molecule has 1 heterocycles. The van der Waals surface area contributed by atoms with Crippen LogP contribution in [0.3, 0.4) is 0 Å². The van der Waals surface area contributed by atoms with Crippen LogP contribution in [0.2, 0.25) is 0 Å². The van der Waals surface area contributed by atoms with Crippen molar-refractivity contribution in [2.45, 2.75) is 25.6 Å². The first-order valence-electron chi connectivity index (χ1n) is 6.44. The minimum atomic E-state index is -4.68. The third kappa shape index (κ3) is 3.47. The van der Waals surface area contributed by atoms with Gasteiger partial charge in [0.25, 0.3) is 0 Å². The molecule has 7 heteroatoms. The number of aromatic carboxylic acids is 1. The van der Waals surface area contributed by atoms with Crippen LogP contribution in [0.1, 0.15) is 29.8 Å². The molecule has 21 heavy (non-hydrogen) atoms. The molecule has 0 aliphatic carbocycles. The van der Waals surface area contributed by atoms with Crippen LogP contribution in [0, 0.1) is 0 Å². The van der Waals surface area contributed by atoms with E-state index in [2.05, 4.69) is 0 Å². The highest BCUT2D eigenvalue weighted by molar-refractivity contribution is 5.91. The summed E-state index contributed by atoms with van der Waals surface area (Å²) in [7, 11) is 0. The number of hydrogen-bond donors (Lipinski definition) is 1. The van der Waals surface area contributed by atoms with E-state index in [1.54, 1.807) is 0 Å². The van der Waals surface area contributed by atoms with Gasteiger partial charge < -0.3 is 14.7 Å². The summed E-state index contributed by atoms with van der Waals surface area (Å²) in [5.41, 5.74) is -1.84. The Morgan fingerprint density at radius 3 is 2.57 bits per heavy atom. The third-order valence-corrected chi connectivity index (χ3v) is 3.33. The van der Waals surface area contributed by atoms with Crippen LogP contribution < -0.4 is 4.90 Å². The molecule has 4 nitrogen and oxygen atoms in total. The first kappa shape index (κ1) is 15.6. The second-order valence-corrected chi connectivity index (χ2v) is 5.56. The van der Waals surface area contributed by atoms with Gasteiger partial charge in [-0.1, -0.05) is 0 Å². The van der Waals surface area contributed by atoms with Gasteiger partial charge in [0.05, 0.1) is 23.3 Å². The summed E-state index contributed by atoms with van der Waals surface area (Å²) in [6, 6.07) is 3.20. The van der Waals surface area contributed by atoms with E-state index >= 15 is 0 Å². The quantitative estimate of drug-likeness (QED) is 0.912. The van der Waals surface area contributed by atoms with E-state index < -0.39 is 28.9 Å². The minimum Gasteiger partial charge on any atom is -0.478 e. The summed E-state index contributed by atoms with van der Waals surface area (Å²) in [5, 5.41) is 9.01. The van der Waals surface area contributed by atoms with E-state index in [1.165, 1.54) is 6.07 Å². The lowest BCUT2D eigenvalue weighted by Crippen LogP contribution is -2.48. The topological polar surface area (TPSA) is 49.8 Å². The van der Waals surface area contributed by atoms with Crippen molar-refractivity contribution in [1.82, 2.24) is 0 Å². The number of alkyl halides is 3. The molecule has 1 aliphatic rings. The van der Waals surface area contributed by atoms with Gasteiger partial charge >= 0.3 is 12.1 Å². The Bertz CT molecular complexity index is 555. The number of rotatable bonds is 2. The Morgan fingerprint density at radius 2 is 2.05 bits per heavy atom. The van der Waals surface area contributed by atoms with Crippen LogP contribution in [0.25, 0.3) is 0 Å². The number of ether oxygens (including phenoxy) is 1. The van der Waals surface area contributed by atoms with E-state index in [-0.39, 0.29) is 0 Å². The van der Waals surface area contributed by atoms with Crippen molar-refractivity contribution in [1.29, 1.82) is 0 Å². The van der Waals surface area contributed by atoms with Crippen LogP contribution in [0.5, 0.6) is 0 Å². The Kier molecular flexibility index (Phi) is 3.88. The first-order chi connectivity index (χ1) is 9.60. The number of benzene rings is 1. The summed E-state index contributed by atoms with van der Waals surface area (Å²) in [6.45, 7) is 5.18. The molecule has 0 bridgehead atoms. The van der Waals surface area contributed by atoms with Crippen LogP contribution in [-0.4, -0.2) is 36.4 Å². The molecule has 2 rings (SSSR count). The van der Waals surface area contributed by atoms with Gasteiger partial charge in [0, 0.05) is 18.8 Å². The van der Waals surface area contributed by atoms with Crippen molar-refractivity contribution < 1.29 is 27.8 Å². The lowest BCUT2D eigenvalue weighted by molar-refractivity contribution is -0.138. The zero-order chi connectivity index (χ0) is 15.8. The lowest BCUT2D eigenvalue weighted by atomic mass is 10.0. The second kappa shape index (κ2) is 5.22. The number of halogens is 3. The zero-order valence-electron chi connectivity index (χ0n) is 11.7. The highest BCUT2D eigenvalue weighted by Gasteiger charge is 2.36. The molecular weight excluding hydrogens is 287 g/mol. The molecule has 0 amide bonds. The predicted octanol–water partition coefficient (Wildman–Crippen LogP) is 3.02. The van der Waals surface area contributed by atoms with E-state index in [0.717, 1.165) is 12.1 Å². The number of nitrogens with zero attached hydrogens (tertiary/aromatic N) is 1. The van der Waals surface area contributed by atoms with Crippen molar-refractivity contribution >= 4 is 11.7 Å².